The van der Waals surface area contributed by atoms with Crippen LogP contribution < -0.4 is 0 Å². The predicted molar refractivity (Wildman–Crippen MR) is 111 cm³/mol. The molecule has 0 bridgehead atoms. The van der Waals surface area contributed by atoms with Crippen molar-refractivity contribution in [3.8, 4) is 0 Å². The van der Waals surface area contributed by atoms with Gasteiger partial charge in [-0.25, -0.2) is 9.97 Å². The second-order valence-corrected chi connectivity index (χ2v) is 8.98. The third-order valence-electron chi connectivity index (χ3n) is 6.08. The Bertz CT molecular complexity index is 1000. The average Bonchev–Trinajstić information content (AvgIpc) is 3.47. The fourth-order valence-corrected chi connectivity index (χ4v) is 5.59. The van der Waals surface area contributed by atoms with Crippen molar-refractivity contribution in [3.05, 3.63) is 69.8 Å². The van der Waals surface area contributed by atoms with Crippen LogP contribution in [0, 0.1) is 25.7 Å². The van der Waals surface area contributed by atoms with Gasteiger partial charge < -0.3 is 9.32 Å². The van der Waals surface area contributed by atoms with Crippen molar-refractivity contribution >= 4 is 17.2 Å². The lowest BCUT2D eigenvalue weighted by molar-refractivity contribution is 0.0665. The Balaban J connectivity index is 1.43. The molecule has 2 aromatic heterocycles. The van der Waals surface area contributed by atoms with Crippen molar-refractivity contribution in [2.45, 2.75) is 26.4 Å². The van der Waals surface area contributed by atoms with E-state index in [2.05, 4.69) is 39.1 Å². The van der Waals surface area contributed by atoms with Crippen LogP contribution in [-0.4, -0.2) is 45.3 Å². The third-order valence-corrected chi connectivity index (χ3v) is 6.85. The van der Waals surface area contributed by atoms with Crippen LogP contribution in [0.25, 0.3) is 0 Å². The van der Waals surface area contributed by atoms with Crippen LogP contribution in [-0.2, 0) is 6.54 Å². The Morgan fingerprint density at radius 3 is 2.72 bits per heavy atom. The summed E-state index contributed by atoms with van der Waals surface area (Å²) in [5, 5.41) is 3.18. The molecule has 6 nitrogen and oxygen atoms in total. The normalized spacial score (nSPS) is 24.2. The van der Waals surface area contributed by atoms with Crippen LogP contribution in [0.2, 0.25) is 0 Å². The van der Waals surface area contributed by atoms with Gasteiger partial charge in [-0.05, 0) is 18.4 Å². The molecule has 3 aromatic rings. The quantitative estimate of drug-likeness (QED) is 0.659. The highest BCUT2D eigenvalue weighted by Crippen LogP contribution is 2.46. The highest BCUT2D eigenvalue weighted by atomic mass is 32.1. The number of nitrogens with zero attached hydrogens (tertiary/aromatic N) is 4. The maximum atomic E-state index is 13.4. The van der Waals surface area contributed by atoms with Gasteiger partial charge >= 0.3 is 0 Å². The van der Waals surface area contributed by atoms with Crippen molar-refractivity contribution < 1.29 is 9.21 Å². The van der Waals surface area contributed by atoms with Gasteiger partial charge in [-0.15, -0.1) is 11.3 Å². The van der Waals surface area contributed by atoms with E-state index in [1.165, 1.54) is 5.56 Å². The molecular weight excluding hydrogens is 384 g/mol. The van der Waals surface area contributed by atoms with E-state index in [0.29, 0.717) is 29.2 Å². The molecule has 2 fully saturated rings. The molecule has 150 valence electrons. The maximum absolute atomic E-state index is 13.4. The maximum Gasteiger partial charge on any atom is 0.292 e. The van der Waals surface area contributed by atoms with Crippen LogP contribution in [0.3, 0.4) is 0 Å². The molecule has 0 saturated carbocycles. The summed E-state index contributed by atoms with van der Waals surface area (Å²) in [5.41, 5.74) is 1.86. The minimum atomic E-state index is -0.0437. The number of amides is 1. The fourth-order valence-electron chi connectivity index (χ4n) is 4.94. The van der Waals surface area contributed by atoms with E-state index in [1.54, 1.807) is 18.3 Å². The Morgan fingerprint density at radius 2 is 2.03 bits per heavy atom. The summed E-state index contributed by atoms with van der Waals surface area (Å²) in [6.07, 6.45) is 1.87. The van der Waals surface area contributed by atoms with Gasteiger partial charge in [0.2, 0.25) is 5.76 Å². The van der Waals surface area contributed by atoms with Crippen molar-refractivity contribution in [1.82, 2.24) is 19.8 Å². The Labute approximate surface area is 174 Å². The number of aryl methyl sites for hydroxylation is 2. The van der Waals surface area contributed by atoms with Crippen LogP contribution in [0.1, 0.15) is 38.8 Å². The van der Waals surface area contributed by atoms with Gasteiger partial charge in [-0.3, -0.25) is 9.69 Å². The average molecular weight is 409 g/mol. The number of carbonyl (C=O) groups is 1. The smallest absolute Gasteiger partial charge is 0.292 e. The van der Waals surface area contributed by atoms with E-state index >= 15 is 0 Å². The number of rotatable bonds is 4. The molecule has 0 aliphatic carbocycles. The van der Waals surface area contributed by atoms with E-state index < -0.39 is 0 Å². The van der Waals surface area contributed by atoms with Crippen molar-refractivity contribution in [1.29, 1.82) is 0 Å². The largest absolute Gasteiger partial charge is 0.436 e. The van der Waals surface area contributed by atoms with Crippen molar-refractivity contribution in [2.75, 3.05) is 19.6 Å². The summed E-state index contributed by atoms with van der Waals surface area (Å²) in [6, 6.07) is 10.5. The van der Waals surface area contributed by atoms with E-state index in [4.69, 9.17) is 4.42 Å². The topological polar surface area (TPSA) is 62.5 Å². The number of hydrogen-bond acceptors (Lipinski definition) is 6. The molecule has 2 aliphatic heterocycles. The highest BCUT2D eigenvalue weighted by Gasteiger charge is 2.49. The molecule has 1 amide bonds. The van der Waals surface area contributed by atoms with E-state index in [9.17, 15) is 4.79 Å². The minimum Gasteiger partial charge on any atom is -0.436 e. The number of likely N-dealkylation sites (tertiary alicyclic amines) is 2. The lowest BCUT2D eigenvalue weighted by atomic mass is 9.89. The molecule has 3 atom stereocenters. The van der Waals surface area contributed by atoms with E-state index in [0.717, 1.165) is 31.2 Å². The molecule has 2 aliphatic rings. The van der Waals surface area contributed by atoms with Gasteiger partial charge in [-0.1, -0.05) is 30.3 Å². The van der Waals surface area contributed by atoms with Gasteiger partial charge in [0, 0.05) is 44.1 Å². The Kier molecular flexibility index (Phi) is 4.72. The number of oxazole rings is 1. The summed E-state index contributed by atoms with van der Waals surface area (Å²) in [5.74, 6) is 1.73. The summed E-state index contributed by atoms with van der Waals surface area (Å²) < 4.78 is 5.67. The first-order valence-corrected chi connectivity index (χ1v) is 10.9. The van der Waals surface area contributed by atoms with E-state index in [1.807, 2.05) is 29.5 Å². The second-order valence-electron chi connectivity index (χ2n) is 8.00. The molecule has 2 saturated heterocycles. The molecule has 5 rings (SSSR count). The molecule has 0 N–H and O–H groups in total. The van der Waals surface area contributed by atoms with Gasteiger partial charge in [-0.2, -0.15) is 0 Å². The zero-order valence-electron chi connectivity index (χ0n) is 16.6. The molecule has 4 heterocycles. The zero-order chi connectivity index (χ0) is 20.0. The monoisotopic (exact) mass is 408 g/mol. The Hall–Kier alpha value is -2.51. The number of aromatic nitrogens is 2. The Morgan fingerprint density at radius 1 is 1.21 bits per heavy atom. The number of carbonyl (C=O) groups excluding carboxylic acids is 1. The zero-order valence-corrected chi connectivity index (χ0v) is 17.4. The van der Waals surface area contributed by atoms with E-state index in [-0.39, 0.29) is 11.9 Å². The first kappa shape index (κ1) is 18.5. The minimum absolute atomic E-state index is 0.0437. The van der Waals surface area contributed by atoms with Gasteiger partial charge in [0.25, 0.3) is 5.91 Å². The summed E-state index contributed by atoms with van der Waals surface area (Å²) >= 11 is 1.71. The first-order chi connectivity index (χ1) is 14.1. The summed E-state index contributed by atoms with van der Waals surface area (Å²) in [4.78, 5) is 26.6. The molecule has 0 unspecified atom stereocenters. The van der Waals surface area contributed by atoms with Crippen LogP contribution in [0.15, 0.2) is 46.3 Å². The van der Waals surface area contributed by atoms with Gasteiger partial charge in [0.1, 0.15) is 5.01 Å². The van der Waals surface area contributed by atoms with Crippen molar-refractivity contribution in [2.24, 2.45) is 11.8 Å². The molecular formula is C22H24N4O2S. The molecule has 29 heavy (non-hydrogen) atoms. The highest BCUT2D eigenvalue weighted by molar-refractivity contribution is 7.09. The lowest BCUT2D eigenvalue weighted by Crippen LogP contribution is -2.35. The number of hydrogen-bond donors (Lipinski definition) is 0. The SMILES string of the molecule is Cc1nc(C)c(C(=O)N2C[C@@H]3CN(Cc4nccs4)C[C@@H]3[C@H]2c2ccccc2)o1. The predicted octanol–water partition coefficient (Wildman–Crippen LogP) is 3.69. The lowest BCUT2D eigenvalue weighted by Gasteiger charge is -2.29. The van der Waals surface area contributed by atoms with Crippen molar-refractivity contribution in [3.63, 3.8) is 0 Å². The second kappa shape index (κ2) is 7.39. The first-order valence-electron chi connectivity index (χ1n) is 10.0. The summed E-state index contributed by atoms with van der Waals surface area (Å²) in [7, 11) is 0. The number of benzene rings is 1. The number of thiazole rings is 1. The fraction of sp³-hybridized carbons (Fsp3) is 0.409. The van der Waals surface area contributed by atoms with Crippen LogP contribution >= 0.6 is 11.3 Å². The molecule has 0 radical (unpaired) electrons. The molecule has 1 aromatic carbocycles. The molecule has 7 heteroatoms. The standard InChI is InChI=1S/C22H24N4O2S/c1-14-21(28-15(2)24-14)22(27)26-11-17-10-25(13-19-23-8-9-29-19)12-18(17)20(26)16-6-4-3-5-7-16/h3-9,17-18,20H,10-13H2,1-2H3/t17-,18-,20+/m0/s1. The molecule has 0 spiro atoms. The van der Waals surface area contributed by atoms with Crippen LogP contribution in [0.5, 0.6) is 0 Å². The van der Waals surface area contributed by atoms with Crippen LogP contribution in [0.4, 0.5) is 0 Å². The third kappa shape index (κ3) is 3.38. The summed E-state index contributed by atoms with van der Waals surface area (Å²) in [6.45, 7) is 7.23. The van der Waals surface area contributed by atoms with Gasteiger partial charge in [0.05, 0.1) is 18.3 Å². The van der Waals surface area contributed by atoms with Gasteiger partial charge in [0.15, 0.2) is 5.89 Å². The number of fused-ring (bicyclic) bond motifs is 1.